The smallest absolute Gasteiger partial charge is 0.273 e. The number of hydrogen-bond acceptors (Lipinski definition) is 5. The quantitative estimate of drug-likeness (QED) is 0.303. The minimum absolute atomic E-state index is 0.244. The van der Waals surface area contributed by atoms with Gasteiger partial charge >= 0.3 is 0 Å². The maximum Gasteiger partial charge on any atom is 0.273 e. The number of oxazole rings is 1. The molecule has 0 aliphatic heterocycles. The highest BCUT2D eigenvalue weighted by molar-refractivity contribution is 5.91. The first-order valence-corrected chi connectivity index (χ1v) is 12.1. The van der Waals surface area contributed by atoms with Gasteiger partial charge in [-0.25, -0.2) is 9.37 Å². The fourth-order valence-electron chi connectivity index (χ4n) is 3.90. The van der Waals surface area contributed by atoms with Gasteiger partial charge in [0.1, 0.15) is 12.1 Å². The summed E-state index contributed by atoms with van der Waals surface area (Å²) in [7, 11) is 0. The number of pyridine rings is 1. The second-order valence-corrected chi connectivity index (χ2v) is 9.12. The van der Waals surface area contributed by atoms with Crippen LogP contribution in [0.2, 0.25) is 0 Å². The Morgan fingerprint density at radius 3 is 2.31 bits per heavy atom. The third-order valence-corrected chi connectivity index (χ3v) is 5.91. The highest BCUT2D eigenvalue weighted by atomic mass is 19.1. The van der Waals surface area contributed by atoms with Crippen molar-refractivity contribution in [3.05, 3.63) is 119 Å². The largest absolute Gasteiger partial charge is 0.447 e. The number of benzene rings is 2. The maximum absolute atomic E-state index is 13.4. The SMILES string of the molecule is CC(C)c1ccc(CN(Cc2ccc(F)cc2)Cc2nc(C(=O)NCCc3ccccn3)co2)cc1. The summed E-state index contributed by atoms with van der Waals surface area (Å²) in [6.45, 7) is 6.45. The van der Waals surface area contributed by atoms with Crippen LogP contribution in [0.4, 0.5) is 4.39 Å². The molecule has 6 nitrogen and oxygen atoms in total. The van der Waals surface area contributed by atoms with E-state index in [9.17, 15) is 9.18 Å². The van der Waals surface area contributed by atoms with Crippen LogP contribution in [0.15, 0.2) is 83.6 Å². The number of aromatic nitrogens is 2. The van der Waals surface area contributed by atoms with Gasteiger partial charge in [0.05, 0.1) is 6.54 Å². The average Bonchev–Trinajstić information content (AvgIpc) is 3.35. The van der Waals surface area contributed by atoms with E-state index in [1.165, 1.54) is 24.0 Å². The molecule has 0 fully saturated rings. The third-order valence-electron chi connectivity index (χ3n) is 5.91. The van der Waals surface area contributed by atoms with Crippen LogP contribution in [0.25, 0.3) is 0 Å². The Bertz CT molecular complexity index is 1240. The predicted octanol–water partition coefficient (Wildman–Crippen LogP) is 5.51. The molecule has 2 aromatic carbocycles. The Kier molecular flexibility index (Phi) is 8.57. The summed E-state index contributed by atoms with van der Waals surface area (Å²) in [6, 6.07) is 20.7. The van der Waals surface area contributed by atoms with Gasteiger partial charge in [0.25, 0.3) is 5.91 Å². The highest BCUT2D eigenvalue weighted by Crippen LogP contribution is 2.18. The second kappa shape index (κ2) is 12.2. The van der Waals surface area contributed by atoms with E-state index in [-0.39, 0.29) is 17.4 Å². The van der Waals surface area contributed by atoms with Gasteiger partial charge in [0.15, 0.2) is 5.69 Å². The molecular formula is C29H31FN4O2. The molecule has 7 heteroatoms. The lowest BCUT2D eigenvalue weighted by molar-refractivity contribution is 0.0949. The van der Waals surface area contributed by atoms with Crippen LogP contribution >= 0.6 is 0 Å². The molecule has 4 rings (SSSR count). The van der Waals surface area contributed by atoms with E-state index >= 15 is 0 Å². The lowest BCUT2D eigenvalue weighted by atomic mass is 10.0. The van der Waals surface area contributed by atoms with E-state index in [1.54, 1.807) is 18.3 Å². The van der Waals surface area contributed by atoms with Crippen molar-refractivity contribution in [3.8, 4) is 0 Å². The molecule has 0 aliphatic carbocycles. The van der Waals surface area contributed by atoms with E-state index in [2.05, 4.69) is 58.3 Å². The Morgan fingerprint density at radius 1 is 0.972 bits per heavy atom. The number of carbonyl (C=O) groups excluding carboxylic acids is 1. The summed E-state index contributed by atoms with van der Waals surface area (Å²) in [6.07, 6.45) is 3.76. The standard InChI is InChI=1S/C29H31FN4O2/c1-21(2)24-10-6-22(7-11-24)17-34(18-23-8-12-25(30)13-9-23)19-28-33-27(20-36-28)29(35)32-16-14-26-5-3-4-15-31-26/h3-13,15,20-21H,14,16-19H2,1-2H3,(H,32,35). The molecule has 2 heterocycles. The molecule has 2 aromatic heterocycles. The monoisotopic (exact) mass is 486 g/mol. The van der Waals surface area contributed by atoms with Crippen LogP contribution < -0.4 is 5.32 Å². The summed E-state index contributed by atoms with van der Waals surface area (Å²) in [4.78, 5) is 23.4. The summed E-state index contributed by atoms with van der Waals surface area (Å²) in [5.41, 5.74) is 4.58. The number of nitrogens with zero attached hydrogens (tertiary/aromatic N) is 3. The molecular weight excluding hydrogens is 455 g/mol. The zero-order valence-corrected chi connectivity index (χ0v) is 20.7. The zero-order chi connectivity index (χ0) is 25.3. The van der Waals surface area contributed by atoms with Crippen LogP contribution in [0.3, 0.4) is 0 Å². The van der Waals surface area contributed by atoms with Gasteiger partial charge in [-0.15, -0.1) is 0 Å². The van der Waals surface area contributed by atoms with Crippen molar-refractivity contribution in [2.24, 2.45) is 0 Å². The average molecular weight is 487 g/mol. The molecule has 1 N–H and O–H groups in total. The van der Waals surface area contributed by atoms with Crippen LogP contribution in [0.1, 0.15) is 58.5 Å². The summed E-state index contributed by atoms with van der Waals surface area (Å²) >= 11 is 0. The lowest BCUT2D eigenvalue weighted by Crippen LogP contribution is -2.26. The first-order valence-electron chi connectivity index (χ1n) is 12.1. The molecule has 1 amide bonds. The maximum atomic E-state index is 13.4. The van der Waals surface area contributed by atoms with Crippen molar-refractivity contribution in [1.29, 1.82) is 0 Å². The minimum atomic E-state index is -0.282. The van der Waals surface area contributed by atoms with Gasteiger partial charge in [-0.05, 0) is 46.9 Å². The van der Waals surface area contributed by atoms with Crippen LogP contribution in [0.5, 0.6) is 0 Å². The van der Waals surface area contributed by atoms with Crippen LogP contribution in [-0.2, 0) is 26.1 Å². The Morgan fingerprint density at radius 2 is 1.67 bits per heavy atom. The van der Waals surface area contributed by atoms with Gasteiger partial charge in [0, 0.05) is 37.9 Å². The van der Waals surface area contributed by atoms with Crippen molar-refractivity contribution in [2.75, 3.05) is 6.54 Å². The topological polar surface area (TPSA) is 71.3 Å². The zero-order valence-electron chi connectivity index (χ0n) is 20.7. The van der Waals surface area contributed by atoms with Gasteiger partial charge < -0.3 is 9.73 Å². The molecule has 36 heavy (non-hydrogen) atoms. The molecule has 0 bridgehead atoms. The van der Waals surface area contributed by atoms with Crippen LogP contribution in [-0.4, -0.2) is 27.3 Å². The van der Waals surface area contributed by atoms with Crippen molar-refractivity contribution in [3.63, 3.8) is 0 Å². The first-order chi connectivity index (χ1) is 17.5. The number of hydrogen-bond donors (Lipinski definition) is 1. The molecule has 0 saturated heterocycles. The third kappa shape index (κ3) is 7.33. The fourth-order valence-corrected chi connectivity index (χ4v) is 3.90. The van der Waals surface area contributed by atoms with E-state index in [1.807, 2.05) is 18.2 Å². The molecule has 0 unspecified atom stereocenters. The number of carbonyl (C=O) groups is 1. The minimum Gasteiger partial charge on any atom is -0.447 e. The van der Waals surface area contributed by atoms with Gasteiger partial charge in [0.2, 0.25) is 5.89 Å². The Balaban J connectivity index is 1.40. The molecule has 0 saturated carbocycles. The second-order valence-electron chi connectivity index (χ2n) is 9.12. The lowest BCUT2D eigenvalue weighted by Gasteiger charge is -2.21. The van der Waals surface area contributed by atoms with Gasteiger partial charge in [-0.1, -0.05) is 56.3 Å². The highest BCUT2D eigenvalue weighted by Gasteiger charge is 2.16. The van der Waals surface area contributed by atoms with Crippen molar-refractivity contribution in [1.82, 2.24) is 20.2 Å². The van der Waals surface area contributed by atoms with Gasteiger partial charge in [-0.2, -0.15) is 0 Å². The predicted molar refractivity (Wildman–Crippen MR) is 137 cm³/mol. The summed E-state index contributed by atoms with van der Waals surface area (Å²) in [5, 5.41) is 2.86. The first kappa shape index (κ1) is 25.3. The van der Waals surface area contributed by atoms with Gasteiger partial charge in [-0.3, -0.25) is 14.7 Å². The number of amides is 1. The number of nitrogens with one attached hydrogen (secondary N) is 1. The normalized spacial score (nSPS) is 11.2. The number of rotatable bonds is 11. The molecule has 0 atom stereocenters. The molecule has 0 spiro atoms. The van der Waals surface area contributed by atoms with E-state index in [0.29, 0.717) is 44.4 Å². The summed E-state index contributed by atoms with van der Waals surface area (Å²) in [5.74, 6) is 0.372. The Hall–Kier alpha value is -3.84. The van der Waals surface area contributed by atoms with Crippen molar-refractivity contribution < 1.29 is 13.6 Å². The summed E-state index contributed by atoms with van der Waals surface area (Å²) < 4.78 is 19.0. The number of halogens is 1. The fraction of sp³-hybridized carbons (Fsp3) is 0.276. The van der Waals surface area contributed by atoms with E-state index in [0.717, 1.165) is 16.8 Å². The van der Waals surface area contributed by atoms with Crippen molar-refractivity contribution >= 4 is 5.91 Å². The van der Waals surface area contributed by atoms with E-state index < -0.39 is 0 Å². The van der Waals surface area contributed by atoms with Crippen LogP contribution in [0, 0.1) is 5.82 Å². The molecule has 0 aliphatic rings. The van der Waals surface area contributed by atoms with E-state index in [4.69, 9.17) is 4.42 Å². The molecule has 4 aromatic rings. The molecule has 186 valence electrons. The molecule has 0 radical (unpaired) electrons. The van der Waals surface area contributed by atoms with Crippen molar-refractivity contribution in [2.45, 2.75) is 45.8 Å². The Labute approximate surface area is 211 Å².